The average molecular weight is 379 g/mol. The molecule has 0 aliphatic heterocycles. The molecule has 0 saturated heterocycles. The van der Waals surface area contributed by atoms with E-state index in [2.05, 4.69) is 104 Å². The minimum Gasteiger partial charge on any atom is -0.492 e. The predicted octanol–water partition coefficient (Wildman–Crippen LogP) is 5.50. The molecule has 0 unspecified atom stereocenters. The highest BCUT2D eigenvalue weighted by atomic mass is 32.2. The summed E-state index contributed by atoms with van der Waals surface area (Å²) in [6, 6.07) is 30.1. The molecular weight excluding hydrogens is 350 g/mol. The molecule has 3 aromatic rings. The lowest BCUT2D eigenvalue weighted by atomic mass is 10.3. The first-order valence-corrected chi connectivity index (χ1v) is 10.8. The molecule has 0 radical (unpaired) electrons. The van der Waals surface area contributed by atoms with Crippen LogP contribution < -0.4 is 4.74 Å². The monoisotopic (exact) mass is 378 g/mol. The largest absolute Gasteiger partial charge is 0.492 e. The van der Waals surface area contributed by atoms with E-state index in [1.54, 1.807) is 0 Å². The number of ether oxygens (including phenoxy) is 1. The quantitative estimate of drug-likeness (QED) is 0.456. The number of nitrogens with zero attached hydrogens (tertiary/aromatic N) is 1. The van der Waals surface area contributed by atoms with Gasteiger partial charge >= 0.3 is 0 Å². The fraction of sp³-hybridized carbons (Fsp3) is 0.250. The first kappa shape index (κ1) is 19.5. The summed E-state index contributed by atoms with van der Waals surface area (Å²) in [4.78, 5) is 6.35. The Kier molecular flexibility index (Phi) is 7.37. The molecule has 3 heteroatoms. The molecule has 0 aromatic heterocycles. The van der Waals surface area contributed by atoms with Crippen LogP contribution in [0.25, 0.3) is 0 Å². The van der Waals surface area contributed by atoms with Crippen molar-refractivity contribution in [3.8, 4) is 5.75 Å². The highest BCUT2D eigenvalue weighted by Gasteiger charge is 2.28. The Hall–Kier alpha value is -2.23. The highest BCUT2D eigenvalue weighted by Crippen LogP contribution is 2.31. The molecular formula is C24H28NOS+. The van der Waals surface area contributed by atoms with Gasteiger partial charge in [-0.2, -0.15) is 0 Å². The molecule has 0 aliphatic carbocycles. The maximum absolute atomic E-state index is 5.95. The van der Waals surface area contributed by atoms with E-state index in [-0.39, 0.29) is 10.9 Å². The summed E-state index contributed by atoms with van der Waals surface area (Å²) in [6.07, 6.45) is 0. The number of likely N-dealkylation sites (N-methyl/N-ethyl adjacent to an activating group) is 1. The van der Waals surface area contributed by atoms with E-state index in [1.807, 2.05) is 0 Å². The molecule has 0 spiro atoms. The van der Waals surface area contributed by atoms with Gasteiger partial charge in [-0.15, -0.1) is 0 Å². The Balaban J connectivity index is 1.76. The molecule has 0 atom stereocenters. The van der Waals surface area contributed by atoms with E-state index < -0.39 is 0 Å². The smallest absolute Gasteiger partial charge is 0.166 e. The Bertz CT molecular complexity index is 746. The third kappa shape index (κ3) is 5.38. The maximum Gasteiger partial charge on any atom is 0.166 e. The first-order chi connectivity index (χ1) is 13.3. The van der Waals surface area contributed by atoms with E-state index in [9.17, 15) is 0 Å². The second-order valence-electron chi connectivity index (χ2n) is 6.28. The minimum absolute atomic E-state index is 0.103. The van der Waals surface area contributed by atoms with Crippen molar-refractivity contribution in [1.29, 1.82) is 0 Å². The van der Waals surface area contributed by atoms with Crippen molar-refractivity contribution in [2.75, 3.05) is 26.2 Å². The lowest BCUT2D eigenvalue weighted by molar-refractivity contribution is 0.223. The van der Waals surface area contributed by atoms with Crippen molar-refractivity contribution in [1.82, 2.24) is 4.90 Å². The Morgan fingerprint density at radius 2 is 1.15 bits per heavy atom. The molecule has 2 nitrogen and oxygen atoms in total. The lowest BCUT2D eigenvalue weighted by Gasteiger charge is -2.18. The van der Waals surface area contributed by atoms with Gasteiger partial charge in [0.25, 0.3) is 0 Å². The van der Waals surface area contributed by atoms with Crippen molar-refractivity contribution in [3.05, 3.63) is 84.9 Å². The van der Waals surface area contributed by atoms with Crippen molar-refractivity contribution in [3.63, 3.8) is 0 Å². The summed E-state index contributed by atoms with van der Waals surface area (Å²) in [6.45, 7) is 8.20. The van der Waals surface area contributed by atoms with Crippen LogP contribution in [0.15, 0.2) is 99.6 Å². The van der Waals surface area contributed by atoms with Crippen LogP contribution in [0.2, 0.25) is 0 Å². The predicted molar refractivity (Wildman–Crippen MR) is 115 cm³/mol. The molecule has 0 aliphatic rings. The summed E-state index contributed by atoms with van der Waals surface area (Å²) in [5, 5.41) is 0. The van der Waals surface area contributed by atoms with Gasteiger partial charge in [0.1, 0.15) is 12.4 Å². The number of rotatable bonds is 9. The standard InChI is InChI=1S/C24H28NOS/c1-3-25(4-2)19-20-26-21-15-17-24(18-16-21)27(22-11-7-5-8-12-22)23-13-9-6-10-14-23/h5-18H,3-4,19-20H2,1-2H3/q+1. The second-order valence-corrected chi connectivity index (χ2v) is 8.31. The van der Waals surface area contributed by atoms with Gasteiger partial charge in [-0.1, -0.05) is 50.2 Å². The van der Waals surface area contributed by atoms with Gasteiger partial charge in [0.15, 0.2) is 14.7 Å². The van der Waals surface area contributed by atoms with E-state index >= 15 is 0 Å². The Labute approximate surface area is 166 Å². The zero-order chi connectivity index (χ0) is 18.9. The van der Waals surface area contributed by atoms with Gasteiger partial charge in [-0.25, -0.2) is 0 Å². The molecule has 0 N–H and O–H groups in total. The van der Waals surface area contributed by atoms with Gasteiger partial charge < -0.3 is 9.64 Å². The Morgan fingerprint density at radius 1 is 0.667 bits per heavy atom. The van der Waals surface area contributed by atoms with Crippen molar-refractivity contribution in [2.24, 2.45) is 0 Å². The molecule has 3 rings (SSSR count). The van der Waals surface area contributed by atoms with Crippen LogP contribution in [-0.2, 0) is 10.9 Å². The van der Waals surface area contributed by atoms with Gasteiger partial charge in [-0.05, 0) is 61.6 Å². The second kappa shape index (κ2) is 10.2. The fourth-order valence-corrected chi connectivity index (χ4v) is 5.11. The van der Waals surface area contributed by atoms with Crippen molar-refractivity contribution >= 4 is 10.9 Å². The van der Waals surface area contributed by atoms with Crippen LogP contribution in [0.3, 0.4) is 0 Å². The number of benzene rings is 3. The molecule has 0 heterocycles. The van der Waals surface area contributed by atoms with Crippen molar-refractivity contribution in [2.45, 2.75) is 28.5 Å². The Morgan fingerprint density at radius 3 is 1.63 bits per heavy atom. The van der Waals surface area contributed by atoms with Crippen LogP contribution in [0.1, 0.15) is 13.8 Å². The van der Waals surface area contributed by atoms with E-state index in [0.29, 0.717) is 0 Å². The van der Waals surface area contributed by atoms with E-state index in [0.717, 1.165) is 32.0 Å². The maximum atomic E-state index is 5.95. The zero-order valence-electron chi connectivity index (χ0n) is 16.2. The van der Waals surface area contributed by atoms with Gasteiger partial charge in [0, 0.05) is 6.54 Å². The third-order valence-corrected chi connectivity index (χ3v) is 6.82. The summed E-state index contributed by atoms with van der Waals surface area (Å²) in [5.41, 5.74) is 0. The van der Waals surface area contributed by atoms with Gasteiger partial charge in [0.2, 0.25) is 0 Å². The number of hydrogen-bond acceptors (Lipinski definition) is 2. The molecule has 3 aromatic carbocycles. The first-order valence-electron chi connectivity index (χ1n) is 9.61. The summed E-state index contributed by atoms with van der Waals surface area (Å²) >= 11 is 0. The van der Waals surface area contributed by atoms with Gasteiger partial charge in [0.05, 0.1) is 10.9 Å². The topological polar surface area (TPSA) is 12.5 Å². The summed E-state index contributed by atoms with van der Waals surface area (Å²) in [5.74, 6) is 0.940. The van der Waals surface area contributed by atoms with Crippen LogP contribution in [0.5, 0.6) is 5.75 Å². The van der Waals surface area contributed by atoms with E-state index in [4.69, 9.17) is 4.74 Å². The molecule has 0 saturated carbocycles. The average Bonchev–Trinajstić information content (AvgIpc) is 2.74. The molecule has 0 bridgehead atoms. The third-order valence-electron chi connectivity index (χ3n) is 4.59. The van der Waals surface area contributed by atoms with Gasteiger partial charge in [-0.3, -0.25) is 0 Å². The van der Waals surface area contributed by atoms with Crippen LogP contribution in [-0.4, -0.2) is 31.1 Å². The molecule has 0 fully saturated rings. The summed E-state index contributed by atoms with van der Waals surface area (Å²) in [7, 11) is -0.103. The fourth-order valence-electron chi connectivity index (χ4n) is 3.03. The van der Waals surface area contributed by atoms with E-state index in [1.165, 1.54) is 14.7 Å². The SMILES string of the molecule is CCN(CC)CCOc1ccc([S+](c2ccccc2)c2ccccc2)cc1. The molecule has 27 heavy (non-hydrogen) atoms. The normalized spacial score (nSPS) is 11.1. The highest BCUT2D eigenvalue weighted by molar-refractivity contribution is 7.97. The molecule has 140 valence electrons. The van der Waals surface area contributed by atoms with Crippen LogP contribution >= 0.6 is 0 Å². The minimum atomic E-state index is -0.103. The summed E-state index contributed by atoms with van der Waals surface area (Å²) < 4.78 is 5.95. The van der Waals surface area contributed by atoms with Crippen LogP contribution in [0, 0.1) is 0 Å². The van der Waals surface area contributed by atoms with Crippen molar-refractivity contribution < 1.29 is 4.74 Å². The number of hydrogen-bond donors (Lipinski definition) is 0. The zero-order valence-corrected chi connectivity index (χ0v) is 17.0. The lowest BCUT2D eigenvalue weighted by Crippen LogP contribution is -2.27. The van der Waals surface area contributed by atoms with Crippen LogP contribution in [0.4, 0.5) is 0 Å². The molecule has 0 amide bonds.